The lowest BCUT2D eigenvalue weighted by Crippen LogP contribution is -2.39. The number of hydrogen-bond acceptors (Lipinski definition) is 3. The molecular weight excluding hydrogens is 226 g/mol. The van der Waals surface area contributed by atoms with Gasteiger partial charge >= 0.3 is 5.97 Å². The first-order valence-electron chi connectivity index (χ1n) is 7.53. The lowest BCUT2D eigenvalue weighted by Gasteiger charge is -2.33. The lowest BCUT2D eigenvalue weighted by molar-refractivity contribution is -0.145. The molecule has 0 aromatic carbocycles. The Morgan fingerprint density at radius 2 is 1.89 bits per heavy atom. The Labute approximate surface area is 112 Å². The zero-order valence-electron chi connectivity index (χ0n) is 12.3. The monoisotopic (exact) mass is 255 g/mol. The molecule has 1 rings (SSSR count). The van der Waals surface area contributed by atoms with E-state index in [2.05, 4.69) is 25.8 Å². The molecule has 0 unspecified atom stereocenters. The molecule has 0 heterocycles. The molecule has 0 spiro atoms. The van der Waals surface area contributed by atoms with Crippen LogP contribution < -0.4 is 0 Å². The second-order valence-electron chi connectivity index (χ2n) is 5.57. The number of nitrogens with zero attached hydrogens (tertiary/aromatic N) is 1. The molecule has 106 valence electrons. The van der Waals surface area contributed by atoms with Crippen LogP contribution in [-0.2, 0) is 9.53 Å². The van der Waals surface area contributed by atoms with Gasteiger partial charge in [-0.25, -0.2) is 0 Å². The molecule has 18 heavy (non-hydrogen) atoms. The van der Waals surface area contributed by atoms with Crippen molar-refractivity contribution in [2.75, 3.05) is 20.2 Å². The number of hydrogen-bond donors (Lipinski definition) is 0. The molecule has 0 aliphatic heterocycles. The van der Waals surface area contributed by atoms with Crippen molar-refractivity contribution in [3.63, 3.8) is 0 Å². The average Bonchev–Trinajstić information content (AvgIpc) is 2.39. The van der Waals surface area contributed by atoms with Crippen molar-refractivity contribution in [2.45, 2.75) is 64.8 Å². The Balaban J connectivity index is 2.20. The molecule has 0 aromatic heterocycles. The summed E-state index contributed by atoms with van der Waals surface area (Å²) in [5.41, 5.74) is 0. The summed E-state index contributed by atoms with van der Waals surface area (Å²) in [5.74, 6) is 0.842. The first kappa shape index (κ1) is 15.5. The van der Waals surface area contributed by atoms with Gasteiger partial charge in [-0.3, -0.25) is 9.69 Å². The molecule has 1 aliphatic rings. The smallest absolute Gasteiger partial charge is 0.320 e. The van der Waals surface area contributed by atoms with E-state index < -0.39 is 0 Å². The largest absolute Gasteiger partial charge is 0.465 e. The standard InChI is InChI=1S/C15H29NO2/c1-4-6-11-18-15(17)12-16(3)14-9-7-13(5-2)8-10-14/h13-14H,4-12H2,1-3H3. The number of likely N-dealkylation sites (N-methyl/N-ethyl adjacent to an activating group) is 1. The van der Waals surface area contributed by atoms with Crippen LogP contribution in [0.3, 0.4) is 0 Å². The highest BCUT2D eigenvalue weighted by molar-refractivity contribution is 5.71. The summed E-state index contributed by atoms with van der Waals surface area (Å²) in [6, 6.07) is 0.575. The van der Waals surface area contributed by atoms with E-state index in [4.69, 9.17) is 4.74 Å². The topological polar surface area (TPSA) is 29.5 Å². The molecule has 0 bridgehead atoms. The zero-order valence-corrected chi connectivity index (χ0v) is 12.3. The molecule has 0 aromatic rings. The van der Waals surface area contributed by atoms with Crippen LogP contribution in [0, 0.1) is 5.92 Å². The Bertz CT molecular complexity index is 235. The summed E-state index contributed by atoms with van der Waals surface area (Å²) >= 11 is 0. The predicted molar refractivity (Wildman–Crippen MR) is 74.5 cm³/mol. The third-order valence-corrected chi connectivity index (χ3v) is 4.16. The van der Waals surface area contributed by atoms with Crippen molar-refractivity contribution in [1.29, 1.82) is 0 Å². The van der Waals surface area contributed by atoms with Gasteiger partial charge in [0.15, 0.2) is 0 Å². The van der Waals surface area contributed by atoms with E-state index >= 15 is 0 Å². The predicted octanol–water partition coefficient (Wildman–Crippen LogP) is 3.23. The number of carbonyl (C=O) groups excluding carboxylic acids is 1. The third kappa shape index (κ3) is 5.38. The molecule has 1 saturated carbocycles. The van der Waals surface area contributed by atoms with Gasteiger partial charge in [0.2, 0.25) is 0 Å². The molecule has 0 N–H and O–H groups in total. The van der Waals surface area contributed by atoms with E-state index in [1.54, 1.807) is 0 Å². The second kappa shape index (κ2) is 8.52. The Morgan fingerprint density at radius 1 is 1.22 bits per heavy atom. The van der Waals surface area contributed by atoms with Crippen LogP contribution in [-0.4, -0.2) is 37.1 Å². The number of carbonyl (C=O) groups is 1. The highest BCUT2D eigenvalue weighted by Crippen LogP contribution is 2.28. The summed E-state index contributed by atoms with van der Waals surface area (Å²) in [5, 5.41) is 0. The van der Waals surface area contributed by atoms with Crippen molar-refractivity contribution in [1.82, 2.24) is 4.90 Å². The van der Waals surface area contributed by atoms with Crippen molar-refractivity contribution in [2.24, 2.45) is 5.92 Å². The average molecular weight is 255 g/mol. The molecular formula is C15H29NO2. The highest BCUT2D eigenvalue weighted by Gasteiger charge is 2.24. The SMILES string of the molecule is CCCCOC(=O)CN(C)C1CCC(CC)CC1. The first-order chi connectivity index (χ1) is 8.67. The first-order valence-corrected chi connectivity index (χ1v) is 7.53. The Morgan fingerprint density at radius 3 is 2.44 bits per heavy atom. The van der Waals surface area contributed by atoms with Gasteiger partial charge in [0.1, 0.15) is 0 Å². The maximum absolute atomic E-state index is 11.6. The summed E-state index contributed by atoms with van der Waals surface area (Å²) < 4.78 is 5.21. The van der Waals surface area contributed by atoms with Gasteiger partial charge in [-0.15, -0.1) is 0 Å². The van der Waals surface area contributed by atoms with Crippen LogP contribution >= 0.6 is 0 Å². The van der Waals surface area contributed by atoms with Crippen molar-refractivity contribution < 1.29 is 9.53 Å². The van der Waals surface area contributed by atoms with Crippen LogP contribution in [0.25, 0.3) is 0 Å². The van der Waals surface area contributed by atoms with Crippen LogP contribution in [0.4, 0.5) is 0 Å². The van der Waals surface area contributed by atoms with Gasteiger partial charge in [0.25, 0.3) is 0 Å². The highest BCUT2D eigenvalue weighted by atomic mass is 16.5. The van der Waals surface area contributed by atoms with Gasteiger partial charge < -0.3 is 4.74 Å². The number of esters is 1. The quantitative estimate of drug-likeness (QED) is 0.517. The van der Waals surface area contributed by atoms with Crippen LogP contribution in [0.15, 0.2) is 0 Å². The number of unbranched alkanes of at least 4 members (excludes halogenated alkanes) is 1. The van der Waals surface area contributed by atoms with Crippen LogP contribution in [0.5, 0.6) is 0 Å². The molecule has 0 radical (unpaired) electrons. The summed E-state index contributed by atoms with van der Waals surface area (Å²) in [4.78, 5) is 13.8. The zero-order chi connectivity index (χ0) is 13.4. The number of ether oxygens (including phenoxy) is 1. The fraction of sp³-hybridized carbons (Fsp3) is 0.933. The van der Waals surface area contributed by atoms with E-state index in [-0.39, 0.29) is 5.97 Å². The fourth-order valence-electron chi connectivity index (χ4n) is 2.70. The van der Waals surface area contributed by atoms with E-state index in [1.165, 1.54) is 32.1 Å². The second-order valence-corrected chi connectivity index (χ2v) is 5.57. The minimum atomic E-state index is -0.0661. The van der Waals surface area contributed by atoms with Gasteiger partial charge in [-0.2, -0.15) is 0 Å². The van der Waals surface area contributed by atoms with Gasteiger partial charge in [0.05, 0.1) is 13.2 Å². The van der Waals surface area contributed by atoms with Crippen molar-refractivity contribution in [3.05, 3.63) is 0 Å². The molecule has 1 fully saturated rings. The molecule has 3 nitrogen and oxygen atoms in total. The van der Waals surface area contributed by atoms with Gasteiger partial charge in [-0.05, 0) is 45.1 Å². The molecule has 3 heteroatoms. The minimum absolute atomic E-state index is 0.0661. The molecule has 0 saturated heterocycles. The van der Waals surface area contributed by atoms with E-state index in [1.807, 2.05) is 0 Å². The van der Waals surface area contributed by atoms with E-state index in [0.717, 1.165) is 18.8 Å². The number of rotatable bonds is 7. The molecule has 0 atom stereocenters. The van der Waals surface area contributed by atoms with Crippen molar-refractivity contribution >= 4 is 5.97 Å². The maximum Gasteiger partial charge on any atom is 0.320 e. The molecule has 0 amide bonds. The lowest BCUT2D eigenvalue weighted by atomic mass is 9.84. The fourth-order valence-corrected chi connectivity index (χ4v) is 2.70. The van der Waals surface area contributed by atoms with Gasteiger partial charge in [0, 0.05) is 6.04 Å². The van der Waals surface area contributed by atoms with Crippen LogP contribution in [0.2, 0.25) is 0 Å². The maximum atomic E-state index is 11.6. The van der Waals surface area contributed by atoms with E-state index in [9.17, 15) is 4.79 Å². The summed E-state index contributed by atoms with van der Waals surface area (Å²) in [6.07, 6.45) is 8.44. The normalized spacial score (nSPS) is 24.2. The van der Waals surface area contributed by atoms with Gasteiger partial charge in [-0.1, -0.05) is 26.7 Å². The third-order valence-electron chi connectivity index (χ3n) is 4.16. The Kier molecular flexibility index (Phi) is 7.33. The van der Waals surface area contributed by atoms with E-state index in [0.29, 0.717) is 19.2 Å². The minimum Gasteiger partial charge on any atom is -0.465 e. The Hall–Kier alpha value is -0.570. The van der Waals surface area contributed by atoms with Crippen molar-refractivity contribution in [3.8, 4) is 0 Å². The summed E-state index contributed by atoms with van der Waals surface area (Å²) in [6.45, 7) is 5.41. The van der Waals surface area contributed by atoms with Crippen LogP contribution in [0.1, 0.15) is 58.8 Å². The summed E-state index contributed by atoms with van der Waals surface area (Å²) in [7, 11) is 2.05. The molecule has 1 aliphatic carbocycles.